The fourth-order valence-corrected chi connectivity index (χ4v) is 3.30. The van der Waals surface area contributed by atoms with Crippen molar-refractivity contribution < 1.29 is 18.3 Å². The first-order valence-electron chi connectivity index (χ1n) is 7.01. The summed E-state index contributed by atoms with van der Waals surface area (Å²) in [5.41, 5.74) is 0.206. The van der Waals surface area contributed by atoms with Crippen LogP contribution in [0.4, 0.5) is 8.78 Å². The molecule has 1 aliphatic rings. The van der Waals surface area contributed by atoms with E-state index < -0.39 is 6.61 Å². The third kappa shape index (κ3) is 4.40. The molecule has 0 N–H and O–H groups in total. The summed E-state index contributed by atoms with van der Waals surface area (Å²) < 4.78 is 29.3. The average Bonchev–Trinajstić information content (AvgIpc) is 2.47. The Morgan fingerprint density at radius 2 is 2.19 bits per heavy atom. The van der Waals surface area contributed by atoms with E-state index in [4.69, 9.17) is 0 Å². The molecule has 21 heavy (non-hydrogen) atoms. The van der Waals surface area contributed by atoms with Crippen molar-refractivity contribution in [1.29, 1.82) is 0 Å². The lowest BCUT2D eigenvalue weighted by molar-refractivity contribution is -0.0503. The third-order valence-corrected chi connectivity index (χ3v) is 4.11. The van der Waals surface area contributed by atoms with E-state index in [1.165, 1.54) is 12.1 Å². The molecule has 1 saturated heterocycles. The summed E-state index contributed by atoms with van der Waals surface area (Å²) in [6.45, 7) is -1.59. The molecule has 0 saturated carbocycles. The van der Waals surface area contributed by atoms with Crippen LogP contribution in [0.15, 0.2) is 24.3 Å². The van der Waals surface area contributed by atoms with Gasteiger partial charge in [0.05, 0.1) is 5.56 Å². The number of halogens is 3. The Balaban J connectivity index is 2.12. The molecule has 0 aromatic heterocycles. The van der Waals surface area contributed by atoms with Gasteiger partial charge in [-0.15, -0.1) is 0 Å². The zero-order chi connectivity index (χ0) is 15.2. The largest absolute Gasteiger partial charge is 0.434 e. The molecule has 1 aromatic rings. The number of rotatable bonds is 5. The molecule has 1 heterocycles. The molecular weight excluding hydrogens is 344 g/mol. The minimum atomic E-state index is -2.93. The van der Waals surface area contributed by atoms with Gasteiger partial charge in [-0.3, -0.25) is 4.79 Å². The maximum atomic E-state index is 12.5. The fraction of sp³-hybridized carbons (Fsp3) is 0.533. The maximum absolute atomic E-state index is 12.5. The van der Waals surface area contributed by atoms with Crippen molar-refractivity contribution in [2.24, 2.45) is 5.92 Å². The molecule has 0 aliphatic carbocycles. The standard InChI is InChI=1S/C15H18BrF2NO2/c16-8-7-11-4-3-9-19(10-11)14(20)12-5-1-2-6-13(12)21-15(17)18/h1-2,5-6,11,15H,3-4,7-10H2. The quantitative estimate of drug-likeness (QED) is 0.743. The van der Waals surface area contributed by atoms with Gasteiger partial charge in [0.25, 0.3) is 5.91 Å². The van der Waals surface area contributed by atoms with Crippen molar-refractivity contribution in [2.75, 3.05) is 18.4 Å². The van der Waals surface area contributed by atoms with Crippen LogP contribution in [0, 0.1) is 5.92 Å². The molecule has 2 rings (SSSR count). The van der Waals surface area contributed by atoms with E-state index in [0.29, 0.717) is 19.0 Å². The van der Waals surface area contributed by atoms with Crippen molar-refractivity contribution >= 4 is 21.8 Å². The number of ether oxygens (including phenoxy) is 1. The van der Waals surface area contributed by atoms with Gasteiger partial charge in [0.2, 0.25) is 0 Å². The highest BCUT2D eigenvalue weighted by molar-refractivity contribution is 9.09. The predicted octanol–water partition coefficient (Wildman–Crippen LogP) is 3.93. The number of alkyl halides is 3. The molecular formula is C15H18BrF2NO2. The Morgan fingerprint density at radius 3 is 2.90 bits per heavy atom. The summed E-state index contributed by atoms with van der Waals surface area (Å²) in [4.78, 5) is 14.3. The molecule has 1 fully saturated rings. The lowest BCUT2D eigenvalue weighted by Gasteiger charge is -2.33. The Kier molecular flexibility index (Phi) is 5.96. The van der Waals surface area contributed by atoms with Crippen LogP contribution in [0.1, 0.15) is 29.6 Å². The summed E-state index contributed by atoms with van der Waals surface area (Å²) >= 11 is 3.42. The Labute approximate surface area is 131 Å². The predicted molar refractivity (Wildman–Crippen MR) is 80.1 cm³/mol. The summed E-state index contributed by atoms with van der Waals surface area (Å²) in [7, 11) is 0. The second-order valence-electron chi connectivity index (χ2n) is 5.11. The lowest BCUT2D eigenvalue weighted by atomic mass is 9.95. The molecule has 1 unspecified atom stereocenters. The van der Waals surface area contributed by atoms with E-state index in [1.807, 2.05) is 0 Å². The van der Waals surface area contributed by atoms with Crippen LogP contribution in [0.3, 0.4) is 0 Å². The van der Waals surface area contributed by atoms with Crippen LogP contribution < -0.4 is 4.74 Å². The Bertz CT molecular complexity index is 482. The van der Waals surface area contributed by atoms with E-state index in [2.05, 4.69) is 20.7 Å². The topological polar surface area (TPSA) is 29.5 Å². The van der Waals surface area contributed by atoms with Gasteiger partial charge in [0.1, 0.15) is 5.75 Å². The second kappa shape index (κ2) is 7.73. The van der Waals surface area contributed by atoms with Gasteiger partial charge in [0.15, 0.2) is 0 Å². The number of benzene rings is 1. The maximum Gasteiger partial charge on any atom is 0.387 e. The van der Waals surface area contributed by atoms with Gasteiger partial charge >= 0.3 is 6.61 Å². The number of nitrogens with zero attached hydrogens (tertiary/aromatic N) is 1. The molecule has 0 spiro atoms. The van der Waals surface area contributed by atoms with Crippen LogP contribution in [0.2, 0.25) is 0 Å². The van der Waals surface area contributed by atoms with E-state index in [9.17, 15) is 13.6 Å². The minimum absolute atomic E-state index is 0.0554. The van der Waals surface area contributed by atoms with Gasteiger partial charge in [-0.05, 0) is 37.3 Å². The third-order valence-electron chi connectivity index (χ3n) is 3.66. The van der Waals surface area contributed by atoms with E-state index in [0.717, 1.165) is 24.6 Å². The zero-order valence-electron chi connectivity index (χ0n) is 11.6. The average molecular weight is 362 g/mol. The SMILES string of the molecule is O=C(c1ccccc1OC(F)F)N1CCCC(CCBr)C1. The Hall–Kier alpha value is -1.17. The molecule has 116 valence electrons. The second-order valence-corrected chi connectivity index (χ2v) is 5.90. The van der Waals surface area contributed by atoms with Crippen LogP contribution in [0.25, 0.3) is 0 Å². The molecule has 1 aromatic carbocycles. The first kappa shape index (κ1) is 16.2. The van der Waals surface area contributed by atoms with Crippen molar-refractivity contribution in [3.05, 3.63) is 29.8 Å². The van der Waals surface area contributed by atoms with Crippen molar-refractivity contribution in [3.63, 3.8) is 0 Å². The van der Waals surface area contributed by atoms with Crippen LogP contribution in [-0.2, 0) is 0 Å². The van der Waals surface area contributed by atoms with Gasteiger partial charge < -0.3 is 9.64 Å². The van der Waals surface area contributed by atoms with E-state index >= 15 is 0 Å². The molecule has 0 bridgehead atoms. The fourth-order valence-electron chi connectivity index (χ4n) is 2.65. The first-order chi connectivity index (χ1) is 10.1. The highest BCUT2D eigenvalue weighted by Gasteiger charge is 2.26. The lowest BCUT2D eigenvalue weighted by Crippen LogP contribution is -2.40. The molecule has 1 aliphatic heterocycles. The minimum Gasteiger partial charge on any atom is -0.434 e. The number of para-hydroxylation sites is 1. The number of carbonyl (C=O) groups excluding carboxylic acids is 1. The smallest absolute Gasteiger partial charge is 0.387 e. The number of piperidine rings is 1. The zero-order valence-corrected chi connectivity index (χ0v) is 13.2. The first-order valence-corrected chi connectivity index (χ1v) is 8.13. The molecule has 1 amide bonds. The normalized spacial score (nSPS) is 18.9. The summed E-state index contributed by atoms with van der Waals surface area (Å²) in [5.74, 6) is 0.177. The van der Waals surface area contributed by atoms with E-state index in [-0.39, 0.29) is 17.2 Å². The Morgan fingerprint density at radius 1 is 1.43 bits per heavy atom. The van der Waals surface area contributed by atoms with Crippen molar-refractivity contribution in [1.82, 2.24) is 4.90 Å². The number of carbonyl (C=O) groups is 1. The van der Waals surface area contributed by atoms with Crippen LogP contribution in [0.5, 0.6) is 5.75 Å². The summed E-state index contributed by atoms with van der Waals surface area (Å²) in [6.07, 6.45) is 3.06. The van der Waals surface area contributed by atoms with Crippen LogP contribution in [-0.4, -0.2) is 35.8 Å². The summed E-state index contributed by atoms with van der Waals surface area (Å²) in [5, 5.41) is 0.908. The number of likely N-dealkylation sites (tertiary alicyclic amines) is 1. The van der Waals surface area contributed by atoms with Gasteiger partial charge in [0, 0.05) is 18.4 Å². The molecule has 0 radical (unpaired) electrons. The molecule has 3 nitrogen and oxygen atoms in total. The number of hydrogen-bond donors (Lipinski definition) is 0. The van der Waals surface area contributed by atoms with Gasteiger partial charge in [-0.2, -0.15) is 8.78 Å². The van der Waals surface area contributed by atoms with Crippen molar-refractivity contribution in [2.45, 2.75) is 25.9 Å². The van der Waals surface area contributed by atoms with E-state index in [1.54, 1.807) is 17.0 Å². The highest BCUT2D eigenvalue weighted by atomic mass is 79.9. The monoisotopic (exact) mass is 361 g/mol. The number of hydrogen-bond acceptors (Lipinski definition) is 2. The van der Waals surface area contributed by atoms with Gasteiger partial charge in [-0.25, -0.2) is 0 Å². The molecule has 6 heteroatoms. The van der Waals surface area contributed by atoms with Crippen molar-refractivity contribution in [3.8, 4) is 5.75 Å². The number of amides is 1. The molecule has 1 atom stereocenters. The van der Waals surface area contributed by atoms with Gasteiger partial charge in [-0.1, -0.05) is 28.1 Å². The van der Waals surface area contributed by atoms with Crippen LogP contribution >= 0.6 is 15.9 Å². The summed E-state index contributed by atoms with van der Waals surface area (Å²) in [6, 6.07) is 6.18. The highest BCUT2D eigenvalue weighted by Crippen LogP contribution is 2.26.